The van der Waals surface area contributed by atoms with Crippen LogP contribution >= 0.6 is 0 Å². The van der Waals surface area contributed by atoms with Gasteiger partial charge >= 0.3 is 0 Å². The predicted molar refractivity (Wildman–Crippen MR) is 41.5 cm³/mol. The van der Waals surface area contributed by atoms with Crippen molar-refractivity contribution >= 4 is 0 Å². The van der Waals surface area contributed by atoms with Gasteiger partial charge in [0.05, 0.1) is 5.60 Å². The van der Waals surface area contributed by atoms with Crippen molar-refractivity contribution in [1.82, 2.24) is 0 Å². The molecule has 0 spiro atoms. The molecule has 1 nitrogen and oxygen atoms in total. The van der Waals surface area contributed by atoms with Crippen molar-refractivity contribution in [2.75, 3.05) is 0 Å². The van der Waals surface area contributed by atoms with Crippen LogP contribution in [0.5, 0.6) is 0 Å². The van der Waals surface area contributed by atoms with Crippen molar-refractivity contribution in [2.24, 2.45) is 0 Å². The number of terminal acetylenes is 1. The molecule has 56 valence electrons. The normalized spacial score (nSPS) is 21.2. The highest BCUT2D eigenvalue weighted by molar-refractivity contribution is 4.90. The quantitative estimate of drug-likeness (QED) is 0.465. The lowest BCUT2D eigenvalue weighted by Gasteiger charge is -2.36. The molecule has 0 aromatic rings. The second kappa shape index (κ2) is 3.07. The Bertz CT molecular complexity index is 139. The van der Waals surface area contributed by atoms with Crippen LogP contribution in [0.25, 0.3) is 0 Å². The molecule has 0 saturated heterocycles. The second-order valence-electron chi connectivity index (χ2n) is 3.14. The fraction of sp³-hybridized carbons (Fsp3) is 0.778. The smallest absolute Gasteiger partial charge is 0.0648 e. The third kappa shape index (κ3) is 1.75. The van der Waals surface area contributed by atoms with Gasteiger partial charge in [0, 0.05) is 6.42 Å². The molecule has 0 heterocycles. The standard InChI is InChI=1S/C9H14O/c1-2-3-4-6-9(10)7-5-8-9/h1,10H,3-8H2. The SMILES string of the molecule is C#CCCCC1(O)CCC1. The average molecular weight is 138 g/mol. The van der Waals surface area contributed by atoms with E-state index in [0.29, 0.717) is 0 Å². The number of unbranched alkanes of at least 4 members (excludes halogenated alkanes) is 1. The summed E-state index contributed by atoms with van der Waals surface area (Å²) in [7, 11) is 0. The maximum Gasteiger partial charge on any atom is 0.0648 e. The Balaban J connectivity index is 2.07. The minimum atomic E-state index is -0.323. The van der Waals surface area contributed by atoms with E-state index in [2.05, 4.69) is 5.92 Å². The fourth-order valence-electron chi connectivity index (χ4n) is 1.35. The molecular weight excluding hydrogens is 124 g/mol. The van der Waals surface area contributed by atoms with Crippen LogP contribution in [0.2, 0.25) is 0 Å². The third-order valence-corrected chi connectivity index (χ3v) is 2.25. The summed E-state index contributed by atoms with van der Waals surface area (Å²) in [6.07, 6.45) is 10.9. The molecule has 0 amide bonds. The van der Waals surface area contributed by atoms with Crippen LogP contribution in [0.15, 0.2) is 0 Å². The van der Waals surface area contributed by atoms with E-state index in [4.69, 9.17) is 6.42 Å². The molecule has 0 aromatic heterocycles. The van der Waals surface area contributed by atoms with Crippen molar-refractivity contribution in [3.63, 3.8) is 0 Å². The molecule has 1 aliphatic rings. The molecule has 1 aliphatic carbocycles. The van der Waals surface area contributed by atoms with Gasteiger partial charge in [0.25, 0.3) is 0 Å². The zero-order valence-electron chi connectivity index (χ0n) is 6.27. The Morgan fingerprint density at radius 2 is 2.20 bits per heavy atom. The monoisotopic (exact) mass is 138 g/mol. The molecule has 1 rings (SSSR count). The van der Waals surface area contributed by atoms with Crippen molar-refractivity contribution in [1.29, 1.82) is 0 Å². The summed E-state index contributed by atoms with van der Waals surface area (Å²) < 4.78 is 0. The third-order valence-electron chi connectivity index (χ3n) is 2.25. The van der Waals surface area contributed by atoms with E-state index in [1.807, 2.05) is 0 Å². The first-order valence-corrected chi connectivity index (χ1v) is 3.93. The lowest BCUT2D eigenvalue weighted by atomic mass is 9.77. The van der Waals surface area contributed by atoms with Gasteiger partial charge in [-0.25, -0.2) is 0 Å². The van der Waals surface area contributed by atoms with Crippen molar-refractivity contribution in [3.05, 3.63) is 0 Å². The van der Waals surface area contributed by atoms with E-state index < -0.39 is 0 Å². The van der Waals surface area contributed by atoms with Gasteiger partial charge < -0.3 is 5.11 Å². The molecule has 0 aliphatic heterocycles. The van der Waals surface area contributed by atoms with Gasteiger partial charge in [-0.15, -0.1) is 12.3 Å². The number of aliphatic hydroxyl groups is 1. The lowest BCUT2D eigenvalue weighted by molar-refractivity contribution is -0.0412. The zero-order valence-corrected chi connectivity index (χ0v) is 6.27. The zero-order chi connectivity index (χ0) is 7.45. The topological polar surface area (TPSA) is 20.2 Å². The van der Waals surface area contributed by atoms with Gasteiger partial charge in [-0.2, -0.15) is 0 Å². The van der Waals surface area contributed by atoms with E-state index in [9.17, 15) is 5.11 Å². The Morgan fingerprint density at radius 1 is 1.50 bits per heavy atom. The summed E-state index contributed by atoms with van der Waals surface area (Å²) >= 11 is 0. The first-order chi connectivity index (χ1) is 4.77. The Hall–Kier alpha value is -0.480. The van der Waals surface area contributed by atoms with Crippen molar-refractivity contribution in [2.45, 2.75) is 44.1 Å². The minimum absolute atomic E-state index is 0.323. The van der Waals surface area contributed by atoms with E-state index in [0.717, 1.165) is 32.1 Å². The van der Waals surface area contributed by atoms with Gasteiger partial charge in [-0.05, 0) is 32.1 Å². The number of hydrogen-bond acceptors (Lipinski definition) is 1. The lowest BCUT2D eigenvalue weighted by Crippen LogP contribution is -2.36. The average Bonchev–Trinajstić information content (AvgIpc) is 1.85. The maximum atomic E-state index is 9.57. The van der Waals surface area contributed by atoms with Crippen LogP contribution in [0.1, 0.15) is 38.5 Å². The molecule has 0 atom stereocenters. The summed E-state index contributed by atoms with van der Waals surface area (Å²) in [5.74, 6) is 2.58. The summed E-state index contributed by atoms with van der Waals surface area (Å²) in [5.41, 5.74) is -0.323. The molecule has 0 aromatic carbocycles. The van der Waals surface area contributed by atoms with Gasteiger partial charge in [-0.3, -0.25) is 0 Å². The predicted octanol–water partition coefficient (Wildman–Crippen LogP) is 1.70. The molecule has 1 N–H and O–H groups in total. The molecule has 0 bridgehead atoms. The van der Waals surface area contributed by atoms with Crippen LogP contribution in [0, 0.1) is 12.3 Å². The minimum Gasteiger partial charge on any atom is -0.390 e. The van der Waals surface area contributed by atoms with Crippen LogP contribution in [-0.2, 0) is 0 Å². The summed E-state index contributed by atoms with van der Waals surface area (Å²) in [6.45, 7) is 0. The number of rotatable bonds is 3. The van der Waals surface area contributed by atoms with E-state index >= 15 is 0 Å². The molecule has 1 fully saturated rings. The molecule has 1 saturated carbocycles. The van der Waals surface area contributed by atoms with Crippen molar-refractivity contribution in [3.8, 4) is 12.3 Å². The van der Waals surface area contributed by atoms with Crippen LogP contribution in [-0.4, -0.2) is 10.7 Å². The molecule has 10 heavy (non-hydrogen) atoms. The Kier molecular flexibility index (Phi) is 2.34. The van der Waals surface area contributed by atoms with Crippen LogP contribution < -0.4 is 0 Å². The summed E-state index contributed by atoms with van der Waals surface area (Å²) in [4.78, 5) is 0. The Morgan fingerprint density at radius 3 is 2.60 bits per heavy atom. The van der Waals surface area contributed by atoms with Gasteiger partial charge in [0.15, 0.2) is 0 Å². The van der Waals surface area contributed by atoms with Gasteiger partial charge in [0.1, 0.15) is 0 Å². The molecule has 0 radical (unpaired) electrons. The van der Waals surface area contributed by atoms with E-state index in [1.54, 1.807) is 0 Å². The Labute approximate surface area is 62.4 Å². The highest BCUT2D eigenvalue weighted by Gasteiger charge is 2.33. The second-order valence-corrected chi connectivity index (χ2v) is 3.14. The summed E-state index contributed by atoms with van der Waals surface area (Å²) in [5, 5.41) is 9.57. The highest BCUT2D eigenvalue weighted by Crippen LogP contribution is 2.35. The number of hydrogen-bond donors (Lipinski definition) is 1. The van der Waals surface area contributed by atoms with E-state index in [-0.39, 0.29) is 5.60 Å². The highest BCUT2D eigenvalue weighted by atomic mass is 16.3. The van der Waals surface area contributed by atoms with Crippen molar-refractivity contribution < 1.29 is 5.11 Å². The van der Waals surface area contributed by atoms with Crippen LogP contribution in [0.4, 0.5) is 0 Å². The molecule has 1 heteroatoms. The molecule has 0 unspecified atom stereocenters. The largest absolute Gasteiger partial charge is 0.390 e. The maximum absolute atomic E-state index is 9.57. The van der Waals surface area contributed by atoms with Crippen LogP contribution in [0.3, 0.4) is 0 Å². The van der Waals surface area contributed by atoms with E-state index in [1.165, 1.54) is 6.42 Å². The first-order valence-electron chi connectivity index (χ1n) is 3.93. The first kappa shape index (κ1) is 7.63. The fourth-order valence-corrected chi connectivity index (χ4v) is 1.35. The summed E-state index contributed by atoms with van der Waals surface area (Å²) in [6, 6.07) is 0. The molecular formula is C9H14O. The van der Waals surface area contributed by atoms with Gasteiger partial charge in [0.2, 0.25) is 0 Å². The van der Waals surface area contributed by atoms with Gasteiger partial charge in [-0.1, -0.05) is 0 Å².